The molecular weight excluding hydrogens is 298 g/mol. The van der Waals surface area contributed by atoms with Crippen LogP contribution in [-0.4, -0.2) is 19.6 Å². The minimum absolute atomic E-state index is 0.101. The minimum Gasteiger partial charge on any atom is -0.324 e. The van der Waals surface area contributed by atoms with Crippen LogP contribution in [0, 0.1) is 13.8 Å². The molecule has 120 valence electrons. The van der Waals surface area contributed by atoms with Gasteiger partial charge in [0.25, 0.3) is 0 Å². The minimum atomic E-state index is -0.101. The van der Waals surface area contributed by atoms with Crippen molar-refractivity contribution >= 4 is 16.6 Å². The lowest BCUT2D eigenvalue weighted by Crippen LogP contribution is -2.08. The molecule has 1 unspecified atom stereocenters. The van der Waals surface area contributed by atoms with Crippen molar-refractivity contribution in [3.63, 3.8) is 0 Å². The van der Waals surface area contributed by atoms with Gasteiger partial charge in [-0.15, -0.1) is 10.2 Å². The normalized spacial score (nSPS) is 12.8. The van der Waals surface area contributed by atoms with E-state index in [-0.39, 0.29) is 6.04 Å². The zero-order chi connectivity index (χ0) is 16.8. The summed E-state index contributed by atoms with van der Waals surface area (Å²) in [6.45, 7) is 6.12. The zero-order valence-corrected chi connectivity index (χ0v) is 14.0. The van der Waals surface area contributed by atoms with Gasteiger partial charge in [-0.1, -0.05) is 29.8 Å². The summed E-state index contributed by atoms with van der Waals surface area (Å²) in [5, 5.41) is 9.42. The number of fused-ring (bicyclic) bond motifs is 3. The third-order valence-corrected chi connectivity index (χ3v) is 4.29. The SMILES string of the molecule is Cc1cccc(-c2nc3c(C(C)N)cc(C)cc3c3nncn23)c1. The molecule has 0 aliphatic heterocycles. The van der Waals surface area contributed by atoms with Gasteiger partial charge in [0.1, 0.15) is 12.2 Å². The first kappa shape index (κ1) is 14.8. The van der Waals surface area contributed by atoms with Gasteiger partial charge in [-0.3, -0.25) is 4.40 Å². The lowest BCUT2D eigenvalue weighted by molar-refractivity contribution is 0.822. The van der Waals surface area contributed by atoms with Crippen molar-refractivity contribution in [1.82, 2.24) is 19.6 Å². The molecule has 0 saturated carbocycles. The van der Waals surface area contributed by atoms with Crippen molar-refractivity contribution in [1.29, 1.82) is 0 Å². The molecule has 0 radical (unpaired) electrons. The first-order chi connectivity index (χ1) is 11.5. The second-order valence-electron chi connectivity index (χ2n) is 6.37. The fourth-order valence-electron chi connectivity index (χ4n) is 3.17. The van der Waals surface area contributed by atoms with Gasteiger partial charge in [0.05, 0.1) is 5.52 Å². The van der Waals surface area contributed by atoms with E-state index in [9.17, 15) is 0 Å². The summed E-state index contributed by atoms with van der Waals surface area (Å²) in [5.74, 6) is 0.831. The average Bonchev–Trinajstić information content (AvgIpc) is 3.03. The van der Waals surface area contributed by atoms with Crippen LogP contribution in [0.2, 0.25) is 0 Å². The molecule has 0 fully saturated rings. The number of aromatic nitrogens is 4. The topological polar surface area (TPSA) is 69.1 Å². The largest absolute Gasteiger partial charge is 0.324 e. The van der Waals surface area contributed by atoms with Crippen LogP contribution in [0.5, 0.6) is 0 Å². The maximum absolute atomic E-state index is 6.20. The van der Waals surface area contributed by atoms with Crippen LogP contribution in [-0.2, 0) is 0 Å². The molecule has 0 aliphatic rings. The Morgan fingerprint density at radius 2 is 1.92 bits per heavy atom. The Morgan fingerprint density at radius 1 is 1.08 bits per heavy atom. The molecular formula is C19H19N5. The standard InChI is InChI=1S/C19H19N5/c1-11-5-4-6-14(7-11)18-22-17-15(13(3)20)8-12(2)9-16(17)19-23-21-10-24(18)19/h4-10,13H,20H2,1-3H3. The lowest BCUT2D eigenvalue weighted by Gasteiger charge is -2.14. The van der Waals surface area contributed by atoms with E-state index in [4.69, 9.17) is 10.7 Å². The molecule has 1 atom stereocenters. The smallest absolute Gasteiger partial charge is 0.171 e. The van der Waals surface area contributed by atoms with Crippen LogP contribution in [0.1, 0.15) is 29.7 Å². The summed E-state index contributed by atoms with van der Waals surface area (Å²) in [5.41, 5.74) is 12.3. The number of benzene rings is 2. The summed E-state index contributed by atoms with van der Waals surface area (Å²) in [6, 6.07) is 12.4. The summed E-state index contributed by atoms with van der Waals surface area (Å²) in [4.78, 5) is 4.95. The average molecular weight is 317 g/mol. The molecule has 4 aromatic rings. The zero-order valence-electron chi connectivity index (χ0n) is 14.0. The van der Waals surface area contributed by atoms with Gasteiger partial charge in [-0.2, -0.15) is 0 Å². The van der Waals surface area contributed by atoms with E-state index in [2.05, 4.69) is 54.4 Å². The highest BCUT2D eigenvalue weighted by molar-refractivity contribution is 5.95. The van der Waals surface area contributed by atoms with Crippen LogP contribution >= 0.6 is 0 Å². The molecule has 5 heteroatoms. The molecule has 5 nitrogen and oxygen atoms in total. The van der Waals surface area contributed by atoms with Crippen molar-refractivity contribution in [3.05, 3.63) is 59.4 Å². The summed E-state index contributed by atoms with van der Waals surface area (Å²) < 4.78 is 1.95. The van der Waals surface area contributed by atoms with Crippen molar-refractivity contribution < 1.29 is 0 Å². The number of nitrogens with zero attached hydrogens (tertiary/aromatic N) is 4. The molecule has 4 rings (SSSR count). The predicted octanol–water partition coefficient (Wildman–Crippen LogP) is 3.58. The molecule has 2 heterocycles. The quantitative estimate of drug-likeness (QED) is 0.613. The van der Waals surface area contributed by atoms with Crippen molar-refractivity contribution in [2.75, 3.05) is 0 Å². The number of hydrogen-bond acceptors (Lipinski definition) is 4. The van der Waals surface area contributed by atoms with E-state index < -0.39 is 0 Å². The fourth-order valence-corrected chi connectivity index (χ4v) is 3.17. The van der Waals surface area contributed by atoms with E-state index >= 15 is 0 Å². The monoisotopic (exact) mass is 317 g/mol. The number of nitrogens with two attached hydrogens (primary N) is 1. The summed E-state index contributed by atoms with van der Waals surface area (Å²) in [6.07, 6.45) is 1.72. The predicted molar refractivity (Wildman–Crippen MR) is 95.8 cm³/mol. The highest BCUT2D eigenvalue weighted by Gasteiger charge is 2.16. The molecule has 0 saturated heterocycles. The van der Waals surface area contributed by atoms with Gasteiger partial charge in [-0.05, 0) is 44.0 Å². The van der Waals surface area contributed by atoms with Crippen LogP contribution in [0.25, 0.3) is 27.9 Å². The highest BCUT2D eigenvalue weighted by Crippen LogP contribution is 2.30. The molecule has 2 N–H and O–H groups in total. The van der Waals surface area contributed by atoms with Crippen LogP contribution in [0.15, 0.2) is 42.7 Å². The Kier molecular flexibility index (Phi) is 3.32. The molecule has 0 amide bonds. The van der Waals surface area contributed by atoms with Gasteiger partial charge in [0.15, 0.2) is 5.65 Å². The second-order valence-corrected chi connectivity index (χ2v) is 6.37. The van der Waals surface area contributed by atoms with Gasteiger partial charge < -0.3 is 5.73 Å². The van der Waals surface area contributed by atoms with Crippen molar-refractivity contribution in [2.45, 2.75) is 26.8 Å². The van der Waals surface area contributed by atoms with Gasteiger partial charge in [0.2, 0.25) is 0 Å². The van der Waals surface area contributed by atoms with E-state index in [1.807, 2.05) is 17.4 Å². The molecule has 2 aromatic heterocycles. The van der Waals surface area contributed by atoms with E-state index in [0.29, 0.717) is 0 Å². The molecule has 2 aromatic carbocycles. The molecule has 0 aliphatic carbocycles. The second kappa shape index (κ2) is 5.39. The highest BCUT2D eigenvalue weighted by atomic mass is 15.2. The first-order valence-corrected chi connectivity index (χ1v) is 8.01. The Balaban J connectivity index is 2.16. The maximum atomic E-state index is 6.20. The maximum Gasteiger partial charge on any atom is 0.171 e. The molecule has 0 spiro atoms. The van der Waals surface area contributed by atoms with E-state index in [1.54, 1.807) is 6.33 Å². The first-order valence-electron chi connectivity index (χ1n) is 8.01. The van der Waals surface area contributed by atoms with E-state index in [1.165, 1.54) is 5.56 Å². The Morgan fingerprint density at radius 3 is 2.67 bits per heavy atom. The lowest BCUT2D eigenvalue weighted by atomic mass is 10.0. The third-order valence-electron chi connectivity index (χ3n) is 4.29. The third kappa shape index (κ3) is 2.25. The summed E-state index contributed by atoms with van der Waals surface area (Å²) >= 11 is 0. The Labute approximate surface area is 140 Å². The summed E-state index contributed by atoms with van der Waals surface area (Å²) in [7, 11) is 0. The number of rotatable bonds is 2. The Hall–Kier alpha value is -2.79. The number of aryl methyl sites for hydroxylation is 2. The van der Waals surface area contributed by atoms with E-state index in [0.717, 1.165) is 39.1 Å². The Bertz CT molecular complexity index is 1060. The van der Waals surface area contributed by atoms with Gasteiger partial charge in [0, 0.05) is 17.0 Å². The van der Waals surface area contributed by atoms with Crippen molar-refractivity contribution in [3.8, 4) is 11.4 Å². The van der Waals surface area contributed by atoms with Crippen molar-refractivity contribution in [2.24, 2.45) is 5.73 Å². The van der Waals surface area contributed by atoms with Gasteiger partial charge in [-0.25, -0.2) is 4.98 Å². The number of hydrogen-bond donors (Lipinski definition) is 1. The van der Waals surface area contributed by atoms with Gasteiger partial charge >= 0.3 is 0 Å². The van der Waals surface area contributed by atoms with Crippen LogP contribution in [0.4, 0.5) is 0 Å². The molecule has 24 heavy (non-hydrogen) atoms. The van der Waals surface area contributed by atoms with Crippen LogP contribution in [0.3, 0.4) is 0 Å². The molecule has 0 bridgehead atoms. The fraction of sp³-hybridized carbons (Fsp3) is 0.211. The van der Waals surface area contributed by atoms with Crippen LogP contribution < -0.4 is 5.73 Å².